The van der Waals surface area contributed by atoms with Crippen LogP contribution in [0.4, 0.5) is 34.1 Å². The number of anilines is 6. The molecule has 0 amide bonds. The first-order chi connectivity index (χ1) is 35.0. The Labute approximate surface area is 422 Å². The van der Waals surface area contributed by atoms with Crippen molar-refractivity contribution in [2.45, 2.75) is 57.8 Å². The SMILES string of the molecule is CC1(C)c2ccccc2-c2cc(-c3ccc4oc5c(N(c6ccccc6)c6ccc7c(c6)-c6ccccc6C7(C)C)cc(N(c6ccccc6)c6ccc7c(c6)-c6ccccc6C7(C)C)cc5c4c3)ccc21. The van der Waals surface area contributed by atoms with Gasteiger partial charge in [-0.2, -0.15) is 0 Å². The second-order valence-electron chi connectivity index (χ2n) is 21.7. The summed E-state index contributed by atoms with van der Waals surface area (Å²) >= 11 is 0. The third-order valence-corrected chi connectivity index (χ3v) is 16.6. The van der Waals surface area contributed by atoms with Gasteiger partial charge in [-0.25, -0.2) is 0 Å². The molecule has 0 spiro atoms. The largest absolute Gasteiger partial charge is 0.454 e. The second-order valence-corrected chi connectivity index (χ2v) is 21.7. The van der Waals surface area contributed by atoms with E-state index in [0.717, 1.165) is 61.6 Å². The molecule has 0 saturated heterocycles. The number of hydrogen-bond acceptors (Lipinski definition) is 3. The summed E-state index contributed by atoms with van der Waals surface area (Å²) in [4.78, 5) is 4.85. The van der Waals surface area contributed by atoms with Crippen molar-refractivity contribution in [2.24, 2.45) is 0 Å². The average molecular weight is 927 g/mol. The third kappa shape index (κ3) is 6.10. The van der Waals surface area contributed by atoms with E-state index in [1.807, 2.05) is 0 Å². The van der Waals surface area contributed by atoms with Gasteiger partial charge in [-0.3, -0.25) is 0 Å². The maximum atomic E-state index is 7.24. The Hall–Kier alpha value is -8.40. The van der Waals surface area contributed by atoms with Gasteiger partial charge in [-0.05, 0) is 157 Å². The van der Waals surface area contributed by atoms with E-state index in [4.69, 9.17) is 4.42 Å². The molecule has 0 aliphatic heterocycles. The summed E-state index contributed by atoms with van der Waals surface area (Å²) in [6.45, 7) is 14.1. The van der Waals surface area contributed by atoms with Gasteiger partial charge in [0.1, 0.15) is 5.58 Å². The van der Waals surface area contributed by atoms with Crippen molar-refractivity contribution in [3.8, 4) is 44.5 Å². The van der Waals surface area contributed by atoms with Gasteiger partial charge in [0.25, 0.3) is 0 Å². The van der Waals surface area contributed by atoms with Crippen LogP contribution in [0.25, 0.3) is 66.4 Å². The van der Waals surface area contributed by atoms with Gasteiger partial charge in [-0.1, -0.05) is 181 Å². The van der Waals surface area contributed by atoms with E-state index >= 15 is 0 Å². The lowest BCUT2D eigenvalue weighted by atomic mass is 9.82. The maximum absolute atomic E-state index is 7.24. The summed E-state index contributed by atoms with van der Waals surface area (Å²) in [5.41, 5.74) is 25.9. The van der Waals surface area contributed by atoms with Gasteiger partial charge < -0.3 is 14.2 Å². The Kier molecular flexibility index (Phi) is 9.03. The highest BCUT2D eigenvalue weighted by atomic mass is 16.3. The average Bonchev–Trinajstić information content (AvgIpc) is 4.05. The third-order valence-electron chi connectivity index (χ3n) is 16.6. The van der Waals surface area contributed by atoms with Gasteiger partial charge in [0.15, 0.2) is 5.58 Å². The van der Waals surface area contributed by atoms with Crippen LogP contribution in [0.3, 0.4) is 0 Å². The highest BCUT2D eigenvalue weighted by Gasteiger charge is 2.38. The molecule has 14 rings (SSSR count). The Balaban J connectivity index is 1.03. The lowest BCUT2D eigenvalue weighted by Crippen LogP contribution is -2.16. The van der Waals surface area contributed by atoms with Gasteiger partial charge in [0.2, 0.25) is 0 Å². The molecule has 3 aliphatic rings. The number of furan rings is 1. The minimum Gasteiger partial charge on any atom is -0.454 e. The highest BCUT2D eigenvalue weighted by molar-refractivity contribution is 6.13. The molecule has 11 aromatic rings. The zero-order chi connectivity index (χ0) is 48.7. The summed E-state index contributed by atoms with van der Waals surface area (Å²) in [6.07, 6.45) is 0. The van der Waals surface area contributed by atoms with E-state index in [0.29, 0.717) is 0 Å². The van der Waals surface area contributed by atoms with Crippen LogP contribution in [0.2, 0.25) is 0 Å². The molecule has 0 unspecified atom stereocenters. The first-order valence-corrected chi connectivity index (χ1v) is 25.4. The lowest BCUT2D eigenvalue weighted by molar-refractivity contribution is 0.660. The van der Waals surface area contributed by atoms with Crippen LogP contribution in [0.15, 0.2) is 223 Å². The van der Waals surface area contributed by atoms with Crippen molar-refractivity contribution in [2.75, 3.05) is 9.80 Å². The molecule has 10 aromatic carbocycles. The molecule has 0 bridgehead atoms. The normalized spacial score (nSPS) is 14.9. The molecule has 3 aliphatic carbocycles. The Bertz CT molecular complexity index is 4020. The van der Waals surface area contributed by atoms with Gasteiger partial charge in [0.05, 0.1) is 5.69 Å². The molecule has 0 radical (unpaired) electrons. The van der Waals surface area contributed by atoms with E-state index in [9.17, 15) is 0 Å². The fraction of sp³-hybridized carbons (Fsp3) is 0.130. The molecular formula is C69H54N2O. The molecular weight excluding hydrogens is 873 g/mol. The fourth-order valence-electron chi connectivity index (χ4n) is 12.9. The number of nitrogens with zero attached hydrogens (tertiary/aromatic N) is 2. The molecule has 3 heteroatoms. The molecule has 0 atom stereocenters. The Morgan fingerprint density at radius 3 is 1.25 bits per heavy atom. The fourth-order valence-corrected chi connectivity index (χ4v) is 12.9. The molecule has 0 saturated carbocycles. The first-order valence-electron chi connectivity index (χ1n) is 25.4. The standard InChI is InChI=1S/C69H54N2O/c1-67(2)58-26-16-13-23-50(58)53-37-43(29-33-61(53)67)44-30-36-65-56(38-44)57-41-49(70(45-19-9-7-10-20-45)47-31-34-62-54(39-47)51-24-14-17-27-59(51)68(62,3)4)42-64(66(57)72-65)71(46-21-11-8-12-22-46)48-32-35-63-55(40-48)52-25-15-18-28-60(52)69(63,5)6/h7-42H,1-6H3. The van der Waals surface area contributed by atoms with Crippen LogP contribution < -0.4 is 9.80 Å². The second kappa shape index (κ2) is 15.3. The smallest absolute Gasteiger partial charge is 0.159 e. The summed E-state index contributed by atoms with van der Waals surface area (Å²) in [5.74, 6) is 0. The van der Waals surface area contributed by atoms with Crippen molar-refractivity contribution < 1.29 is 4.42 Å². The lowest BCUT2D eigenvalue weighted by Gasteiger charge is -2.30. The van der Waals surface area contributed by atoms with Gasteiger partial charge in [0, 0.05) is 55.5 Å². The van der Waals surface area contributed by atoms with Crippen LogP contribution in [-0.4, -0.2) is 0 Å². The Morgan fingerprint density at radius 2 is 0.708 bits per heavy atom. The first kappa shape index (κ1) is 42.5. The van der Waals surface area contributed by atoms with Crippen molar-refractivity contribution in [3.63, 3.8) is 0 Å². The predicted octanol–water partition coefficient (Wildman–Crippen LogP) is 19.1. The summed E-state index contributed by atoms with van der Waals surface area (Å²) in [5, 5.41) is 2.12. The van der Waals surface area contributed by atoms with Crippen molar-refractivity contribution in [1.82, 2.24) is 0 Å². The van der Waals surface area contributed by atoms with Gasteiger partial charge >= 0.3 is 0 Å². The molecule has 0 N–H and O–H groups in total. The maximum Gasteiger partial charge on any atom is 0.159 e. The number of hydrogen-bond donors (Lipinski definition) is 0. The number of rotatable bonds is 7. The summed E-state index contributed by atoms with van der Waals surface area (Å²) in [7, 11) is 0. The van der Waals surface area contributed by atoms with Crippen LogP contribution in [0.5, 0.6) is 0 Å². The Morgan fingerprint density at radius 1 is 0.292 bits per heavy atom. The monoisotopic (exact) mass is 926 g/mol. The van der Waals surface area contributed by atoms with E-state index < -0.39 is 0 Å². The van der Waals surface area contributed by atoms with Crippen LogP contribution in [-0.2, 0) is 16.2 Å². The van der Waals surface area contributed by atoms with Crippen molar-refractivity contribution in [1.29, 1.82) is 0 Å². The van der Waals surface area contributed by atoms with Gasteiger partial charge in [-0.15, -0.1) is 0 Å². The quantitative estimate of drug-likeness (QED) is 0.159. The predicted molar refractivity (Wildman–Crippen MR) is 301 cm³/mol. The summed E-state index contributed by atoms with van der Waals surface area (Å²) < 4.78 is 7.24. The highest BCUT2D eigenvalue weighted by Crippen LogP contribution is 2.55. The van der Waals surface area contributed by atoms with Crippen LogP contribution in [0, 0.1) is 0 Å². The number of para-hydroxylation sites is 2. The van der Waals surface area contributed by atoms with E-state index in [2.05, 4.69) is 270 Å². The molecule has 3 nitrogen and oxygen atoms in total. The zero-order valence-electron chi connectivity index (χ0n) is 41.6. The minimum atomic E-state index is -0.119. The number of fused-ring (bicyclic) bond motifs is 12. The van der Waals surface area contributed by atoms with Crippen LogP contribution >= 0.6 is 0 Å². The molecule has 1 aromatic heterocycles. The molecule has 0 fully saturated rings. The van der Waals surface area contributed by atoms with E-state index in [-0.39, 0.29) is 16.2 Å². The topological polar surface area (TPSA) is 19.6 Å². The van der Waals surface area contributed by atoms with E-state index in [1.165, 1.54) is 72.3 Å². The zero-order valence-corrected chi connectivity index (χ0v) is 41.6. The number of benzene rings is 10. The summed E-state index contributed by atoms with van der Waals surface area (Å²) in [6, 6.07) is 81.0. The van der Waals surface area contributed by atoms with Crippen LogP contribution in [0.1, 0.15) is 74.9 Å². The van der Waals surface area contributed by atoms with E-state index in [1.54, 1.807) is 0 Å². The molecule has 1 heterocycles. The van der Waals surface area contributed by atoms with Crippen molar-refractivity contribution >= 4 is 56.1 Å². The molecule has 72 heavy (non-hydrogen) atoms. The minimum absolute atomic E-state index is 0.0614. The molecule has 346 valence electrons. The van der Waals surface area contributed by atoms with Crippen molar-refractivity contribution in [3.05, 3.63) is 252 Å².